The highest BCUT2D eigenvalue weighted by atomic mass is 35.5. The molecular weight excluding hydrogens is 566 g/mol. The zero-order chi connectivity index (χ0) is 28.9. The third kappa shape index (κ3) is 6.42. The molecule has 10 heteroatoms. The molecule has 0 saturated heterocycles. The van der Waals surface area contributed by atoms with Crippen molar-refractivity contribution >= 4 is 50.8 Å². The molecule has 1 amide bonds. The van der Waals surface area contributed by atoms with Gasteiger partial charge in [0, 0.05) is 22.0 Å². The van der Waals surface area contributed by atoms with Gasteiger partial charge in [0.1, 0.15) is 33.9 Å². The number of hydrogen-bond acceptors (Lipinski definition) is 8. The molecular formula is C31H24ClNO7S. The average molecular weight is 590 g/mol. The van der Waals surface area contributed by atoms with Gasteiger partial charge in [-0.1, -0.05) is 41.4 Å². The summed E-state index contributed by atoms with van der Waals surface area (Å²) in [7, 11) is 0. The van der Waals surface area contributed by atoms with Crippen molar-refractivity contribution in [2.24, 2.45) is 0 Å². The number of thiophene rings is 1. The molecule has 5 aromatic rings. The summed E-state index contributed by atoms with van der Waals surface area (Å²) in [5.74, 6) is -0.138. The minimum Gasteiger partial charge on any atom is -0.484 e. The normalized spacial score (nSPS) is 10.8. The highest BCUT2D eigenvalue weighted by Gasteiger charge is 2.23. The molecule has 2 heterocycles. The Bertz CT molecular complexity index is 1780. The molecule has 0 aliphatic heterocycles. The number of amides is 1. The van der Waals surface area contributed by atoms with E-state index in [1.54, 1.807) is 60.8 Å². The van der Waals surface area contributed by atoms with Crippen molar-refractivity contribution in [3.05, 3.63) is 105 Å². The number of nitrogens with one attached hydrogen (secondary N) is 1. The van der Waals surface area contributed by atoms with Crippen LogP contribution in [0, 0.1) is 6.92 Å². The number of aryl methyl sites for hydroxylation is 1. The van der Waals surface area contributed by atoms with E-state index in [0.717, 1.165) is 11.1 Å². The van der Waals surface area contributed by atoms with Crippen LogP contribution >= 0.6 is 22.9 Å². The van der Waals surface area contributed by atoms with E-state index in [4.69, 9.17) is 30.2 Å². The Kier molecular flexibility index (Phi) is 8.37. The third-order valence-electron chi connectivity index (χ3n) is 6.01. The van der Waals surface area contributed by atoms with Crippen LogP contribution in [-0.4, -0.2) is 25.1 Å². The van der Waals surface area contributed by atoms with Crippen LogP contribution in [0.15, 0.2) is 87.6 Å². The van der Waals surface area contributed by atoms with Crippen LogP contribution < -0.4 is 20.2 Å². The molecule has 0 unspecified atom stereocenters. The van der Waals surface area contributed by atoms with Crippen LogP contribution in [0.2, 0.25) is 5.02 Å². The number of fused-ring (bicyclic) bond motifs is 1. The summed E-state index contributed by atoms with van der Waals surface area (Å²) in [4.78, 5) is 38.4. The predicted molar refractivity (Wildman–Crippen MR) is 159 cm³/mol. The Hall–Kier alpha value is -4.60. The number of benzene rings is 3. The average Bonchev–Trinajstić information content (AvgIpc) is 3.38. The summed E-state index contributed by atoms with van der Waals surface area (Å²) >= 11 is 7.21. The van der Waals surface area contributed by atoms with Crippen LogP contribution in [0.5, 0.6) is 17.2 Å². The third-order valence-corrected chi connectivity index (χ3v) is 7.16. The van der Waals surface area contributed by atoms with Gasteiger partial charge in [0.15, 0.2) is 6.61 Å². The molecule has 3 aromatic carbocycles. The maximum Gasteiger partial charge on any atom is 0.341 e. The van der Waals surface area contributed by atoms with Gasteiger partial charge in [-0.3, -0.25) is 9.59 Å². The quantitative estimate of drug-likeness (QED) is 0.178. The second kappa shape index (κ2) is 12.3. The SMILES string of the molecule is CCOC(=O)c1c(-c2ccc(Cl)cc2)csc1NC(=O)COc1ccc2c(=O)c(Oc3ccc(C)cc3)coc2c1. The molecule has 41 heavy (non-hydrogen) atoms. The molecule has 0 bridgehead atoms. The van der Waals surface area contributed by atoms with Gasteiger partial charge in [0.05, 0.1) is 12.0 Å². The number of anilines is 1. The van der Waals surface area contributed by atoms with Crippen molar-refractivity contribution in [1.29, 1.82) is 0 Å². The Labute approximate surface area is 244 Å². The molecule has 1 N–H and O–H groups in total. The van der Waals surface area contributed by atoms with Gasteiger partial charge >= 0.3 is 5.97 Å². The Morgan fingerprint density at radius 2 is 1.73 bits per heavy atom. The fourth-order valence-corrected chi connectivity index (χ4v) is 5.09. The summed E-state index contributed by atoms with van der Waals surface area (Å²) in [5.41, 5.74) is 2.65. The number of rotatable bonds is 9. The van der Waals surface area contributed by atoms with Gasteiger partial charge in [-0.2, -0.15) is 0 Å². The molecule has 0 aliphatic rings. The van der Waals surface area contributed by atoms with Gasteiger partial charge in [0.25, 0.3) is 5.91 Å². The lowest BCUT2D eigenvalue weighted by atomic mass is 10.0. The van der Waals surface area contributed by atoms with E-state index < -0.39 is 11.9 Å². The second-order valence-electron chi connectivity index (χ2n) is 8.92. The van der Waals surface area contributed by atoms with E-state index in [-0.39, 0.29) is 35.5 Å². The topological polar surface area (TPSA) is 104 Å². The summed E-state index contributed by atoms with van der Waals surface area (Å²) in [5, 5.41) is 5.72. The van der Waals surface area contributed by atoms with E-state index in [0.29, 0.717) is 32.5 Å². The van der Waals surface area contributed by atoms with Crippen LogP contribution in [0.25, 0.3) is 22.1 Å². The highest BCUT2D eigenvalue weighted by Crippen LogP contribution is 2.36. The first-order valence-electron chi connectivity index (χ1n) is 12.6. The molecule has 0 radical (unpaired) electrons. The first kappa shape index (κ1) is 27.9. The first-order valence-corrected chi connectivity index (χ1v) is 13.9. The van der Waals surface area contributed by atoms with E-state index in [1.807, 2.05) is 19.1 Å². The Morgan fingerprint density at radius 1 is 1.00 bits per heavy atom. The molecule has 5 rings (SSSR count). The lowest BCUT2D eigenvalue weighted by Gasteiger charge is -2.10. The maximum atomic E-state index is 12.9. The smallest absolute Gasteiger partial charge is 0.341 e. The minimum atomic E-state index is -0.551. The van der Waals surface area contributed by atoms with Gasteiger partial charge in [-0.15, -0.1) is 11.3 Å². The van der Waals surface area contributed by atoms with E-state index >= 15 is 0 Å². The molecule has 0 fully saturated rings. The summed E-state index contributed by atoms with van der Waals surface area (Å²) < 4.78 is 22.2. The fraction of sp³-hybridized carbons (Fsp3) is 0.129. The summed E-state index contributed by atoms with van der Waals surface area (Å²) in [6.07, 6.45) is 1.24. The fourth-order valence-electron chi connectivity index (χ4n) is 3.99. The molecule has 0 saturated carbocycles. The van der Waals surface area contributed by atoms with Crippen molar-refractivity contribution in [2.45, 2.75) is 13.8 Å². The van der Waals surface area contributed by atoms with Crippen LogP contribution in [-0.2, 0) is 9.53 Å². The standard InChI is InChI=1S/C31H24ClNO7S/c1-3-37-31(36)28-24(19-6-8-20(32)9-7-19)17-41-30(28)33-27(34)16-38-22-12-13-23-25(14-22)39-15-26(29(23)35)40-21-10-4-18(2)5-11-21/h4-15,17H,3,16H2,1-2H3,(H,33,34). The predicted octanol–water partition coefficient (Wildman–Crippen LogP) is 7.47. The molecule has 8 nitrogen and oxygen atoms in total. The van der Waals surface area contributed by atoms with Crippen molar-refractivity contribution in [3.8, 4) is 28.4 Å². The van der Waals surface area contributed by atoms with Crippen molar-refractivity contribution < 1.29 is 28.2 Å². The molecule has 208 valence electrons. The molecule has 0 atom stereocenters. The van der Waals surface area contributed by atoms with Gasteiger partial charge in [0.2, 0.25) is 11.2 Å². The van der Waals surface area contributed by atoms with E-state index in [1.165, 1.54) is 23.7 Å². The lowest BCUT2D eigenvalue weighted by molar-refractivity contribution is -0.118. The van der Waals surface area contributed by atoms with Gasteiger partial charge < -0.3 is 23.9 Å². The largest absolute Gasteiger partial charge is 0.484 e. The highest BCUT2D eigenvalue weighted by molar-refractivity contribution is 7.15. The van der Waals surface area contributed by atoms with Crippen molar-refractivity contribution in [3.63, 3.8) is 0 Å². The van der Waals surface area contributed by atoms with Crippen molar-refractivity contribution in [1.82, 2.24) is 0 Å². The maximum absolute atomic E-state index is 12.9. The number of hydrogen-bond donors (Lipinski definition) is 1. The molecule has 2 aromatic heterocycles. The van der Waals surface area contributed by atoms with Gasteiger partial charge in [-0.05, 0) is 55.8 Å². The monoisotopic (exact) mass is 589 g/mol. The number of carbonyl (C=O) groups is 2. The molecule has 0 spiro atoms. The van der Waals surface area contributed by atoms with Crippen LogP contribution in [0.1, 0.15) is 22.8 Å². The van der Waals surface area contributed by atoms with E-state index in [9.17, 15) is 14.4 Å². The first-order chi connectivity index (χ1) is 19.8. The zero-order valence-electron chi connectivity index (χ0n) is 22.1. The zero-order valence-corrected chi connectivity index (χ0v) is 23.6. The van der Waals surface area contributed by atoms with Crippen LogP contribution in [0.3, 0.4) is 0 Å². The summed E-state index contributed by atoms with van der Waals surface area (Å²) in [6.45, 7) is 3.50. The van der Waals surface area contributed by atoms with Crippen LogP contribution in [0.4, 0.5) is 5.00 Å². The lowest BCUT2D eigenvalue weighted by Crippen LogP contribution is -2.21. The number of halogens is 1. The van der Waals surface area contributed by atoms with Crippen molar-refractivity contribution in [2.75, 3.05) is 18.5 Å². The second-order valence-corrected chi connectivity index (χ2v) is 10.2. The van der Waals surface area contributed by atoms with Gasteiger partial charge in [-0.25, -0.2) is 4.79 Å². The summed E-state index contributed by atoms with van der Waals surface area (Å²) in [6, 6.07) is 19.0. The van der Waals surface area contributed by atoms with E-state index in [2.05, 4.69) is 5.32 Å². The molecule has 0 aliphatic carbocycles. The Morgan fingerprint density at radius 3 is 2.46 bits per heavy atom. The number of esters is 1. The number of ether oxygens (including phenoxy) is 3. The number of carbonyl (C=O) groups excluding carboxylic acids is 2. The minimum absolute atomic E-state index is 0.0562. The Balaban J connectivity index is 1.29.